The van der Waals surface area contributed by atoms with Crippen LogP contribution in [-0.2, 0) is 6.18 Å². The number of carbonyl (C=O) groups is 1. The van der Waals surface area contributed by atoms with Crippen molar-refractivity contribution in [2.75, 3.05) is 17.7 Å². The maximum atomic E-state index is 13.2. The SMILES string of the molecule is COc1cc(-c2ccc(Cl)cc2)nc2ccc(NC(=O)Nc3ccccc3C(F)(F)F)cc12. The van der Waals surface area contributed by atoms with Gasteiger partial charge in [0.1, 0.15) is 5.75 Å². The van der Waals surface area contributed by atoms with Gasteiger partial charge in [-0.25, -0.2) is 9.78 Å². The zero-order valence-electron chi connectivity index (χ0n) is 17.2. The van der Waals surface area contributed by atoms with Crippen molar-refractivity contribution in [1.29, 1.82) is 0 Å². The zero-order chi connectivity index (χ0) is 23.6. The summed E-state index contributed by atoms with van der Waals surface area (Å²) in [5.41, 5.74) is 1.24. The third kappa shape index (κ3) is 5.01. The fourth-order valence-electron chi connectivity index (χ4n) is 3.33. The average Bonchev–Trinajstić information content (AvgIpc) is 2.78. The van der Waals surface area contributed by atoms with Crippen LogP contribution < -0.4 is 15.4 Å². The molecule has 0 radical (unpaired) electrons. The van der Waals surface area contributed by atoms with Crippen molar-refractivity contribution < 1.29 is 22.7 Å². The van der Waals surface area contributed by atoms with Gasteiger partial charge in [-0.1, -0.05) is 35.9 Å². The molecule has 0 aliphatic rings. The lowest BCUT2D eigenvalue weighted by Crippen LogP contribution is -2.21. The van der Waals surface area contributed by atoms with Crippen molar-refractivity contribution in [3.63, 3.8) is 0 Å². The number of ether oxygens (including phenoxy) is 1. The molecule has 9 heteroatoms. The van der Waals surface area contributed by atoms with Crippen LogP contribution in [0.2, 0.25) is 5.02 Å². The predicted molar refractivity (Wildman–Crippen MR) is 123 cm³/mol. The summed E-state index contributed by atoms with van der Waals surface area (Å²) >= 11 is 5.95. The molecule has 0 spiro atoms. The summed E-state index contributed by atoms with van der Waals surface area (Å²) in [6.45, 7) is 0. The van der Waals surface area contributed by atoms with Crippen LogP contribution in [0.1, 0.15) is 5.56 Å². The van der Waals surface area contributed by atoms with Gasteiger partial charge in [0.25, 0.3) is 0 Å². The zero-order valence-corrected chi connectivity index (χ0v) is 18.0. The Bertz CT molecular complexity index is 1330. The number of carbonyl (C=O) groups excluding carboxylic acids is 1. The number of urea groups is 1. The Morgan fingerprint density at radius 1 is 0.970 bits per heavy atom. The maximum Gasteiger partial charge on any atom is 0.418 e. The molecule has 4 rings (SSSR count). The Labute approximate surface area is 192 Å². The fraction of sp³-hybridized carbons (Fsp3) is 0.0833. The first-order valence-corrected chi connectivity index (χ1v) is 10.1. The number of nitrogens with one attached hydrogen (secondary N) is 2. The summed E-state index contributed by atoms with van der Waals surface area (Å²) in [5, 5.41) is 6.04. The van der Waals surface area contributed by atoms with Gasteiger partial charge >= 0.3 is 12.2 Å². The summed E-state index contributed by atoms with van der Waals surface area (Å²) in [4.78, 5) is 17.0. The lowest BCUT2D eigenvalue weighted by molar-refractivity contribution is -0.136. The molecule has 0 fully saturated rings. The smallest absolute Gasteiger partial charge is 0.418 e. The molecule has 0 bridgehead atoms. The van der Waals surface area contributed by atoms with Gasteiger partial charge < -0.3 is 15.4 Å². The Kier molecular flexibility index (Phi) is 6.11. The van der Waals surface area contributed by atoms with Crippen LogP contribution in [0.4, 0.5) is 29.3 Å². The number of alkyl halides is 3. The van der Waals surface area contributed by atoms with E-state index in [4.69, 9.17) is 16.3 Å². The number of hydrogen-bond donors (Lipinski definition) is 2. The largest absolute Gasteiger partial charge is 0.496 e. The van der Waals surface area contributed by atoms with Crippen molar-refractivity contribution in [2.24, 2.45) is 0 Å². The van der Waals surface area contributed by atoms with Crippen LogP contribution in [0.5, 0.6) is 5.75 Å². The first-order chi connectivity index (χ1) is 15.7. The van der Waals surface area contributed by atoms with Gasteiger partial charge in [0.05, 0.1) is 29.6 Å². The van der Waals surface area contributed by atoms with Gasteiger partial charge in [0, 0.05) is 27.7 Å². The van der Waals surface area contributed by atoms with E-state index in [1.165, 1.54) is 25.3 Å². The second-order valence-electron chi connectivity index (χ2n) is 7.07. The van der Waals surface area contributed by atoms with E-state index in [1.807, 2.05) is 12.1 Å². The minimum atomic E-state index is -4.59. The van der Waals surface area contributed by atoms with Crippen LogP contribution >= 0.6 is 11.6 Å². The summed E-state index contributed by atoms with van der Waals surface area (Å²) in [5.74, 6) is 0.524. The Morgan fingerprint density at radius 3 is 2.39 bits per heavy atom. The van der Waals surface area contributed by atoms with E-state index in [9.17, 15) is 18.0 Å². The van der Waals surface area contributed by atoms with Crippen LogP contribution in [0.25, 0.3) is 22.2 Å². The van der Waals surface area contributed by atoms with Crippen molar-refractivity contribution in [1.82, 2.24) is 4.98 Å². The number of methoxy groups -OCH3 is 1. The molecular formula is C24H17ClF3N3O2. The number of benzene rings is 3. The molecule has 2 N–H and O–H groups in total. The summed E-state index contributed by atoms with van der Waals surface area (Å²) in [7, 11) is 1.52. The highest BCUT2D eigenvalue weighted by atomic mass is 35.5. The predicted octanol–water partition coefficient (Wildman–Crippen LogP) is 7.23. The quantitative estimate of drug-likeness (QED) is 0.330. The monoisotopic (exact) mass is 471 g/mol. The highest BCUT2D eigenvalue weighted by Crippen LogP contribution is 2.35. The van der Waals surface area contributed by atoms with Crippen molar-refractivity contribution in [3.8, 4) is 17.0 Å². The van der Waals surface area contributed by atoms with Crippen molar-refractivity contribution in [2.45, 2.75) is 6.18 Å². The number of fused-ring (bicyclic) bond motifs is 1. The van der Waals surface area contributed by atoms with Crippen molar-refractivity contribution >= 4 is 39.9 Å². The fourth-order valence-corrected chi connectivity index (χ4v) is 3.46. The molecule has 5 nitrogen and oxygen atoms in total. The second kappa shape index (κ2) is 8.99. The normalized spacial score (nSPS) is 11.3. The van der Waals surface area contributed by atoms with E-state index in [-0.39, 0.29) is 5.69 Å². The first kappa shape index (κ1) is 22.4. The van der Waals surface area contributed by atoms with Gasteiger partial charge in [-0.15, -0.1) is 0 Å². The van der Waals surface area contributed by atoms with Crippen LogP contribution in [0.15, 0.2) is 72.8 Å². The number of halogens is 4. The average molecular weight is 472 g/mol. The van der Waals surface area contributed by atoms with Gasteiger partial charge in [-0.05, 0) is 42.5 Å². The molecule has 3 aromatic carbocycles. The number of amides is 2. The summed E-state index contributed by atoms with van der Waals surface area (Å²) < 4.78 is 45.0. The lowest BCUT2D eigenvalue weighted by Gasteiger charge is -2.14. The Balaban J connectivity index is 1.60. The van der Waals surface area contributed by atoms with Gasteiger partial charge in [-0.3, -0.25) is 0 Å². The van der Waals surface area contributed by atoms with E-state index >= 15 is 0 Å². The number of aromatic nitrogens is 1. The molecule has 2 amide bonds. The molecule has 4 aromatic rings. The minimum absolute atomic E-state index is 0.338. The molecule has 1 heterocycles. The molecule has 168 valence electrons. The molecule has 0 saturated carbocycles. The Hall–Kier alpha value is -3.78. The molecule has 0 aliphatic heterocycles. The van der Waals surface area contributed by atoms with E-state index < -0.39 is 17.8 Å². The number of nitrogens with zero attached hydrogens (tertiary/aromatic N) is 1. The van der Waals surface area contributed by atoms with Gasteiger partial charge in [0.15, 0.2) is 0 Å². The number of para-hydroxylation sites is 1. The van der Waals surface area contributed by atoms with E-state index in [2.05, 4.69) is 15.6 Å². The molecule has 0 saturated heterocycles. The summed E-state index contributed by atoms with van der Waals surface area (Å²) in [6, 6.07) is 17.9. The number of rotatable bonds is 4. The number of pyridine rings is 1. The van der Waals surface area contributed by atoms with E-state index in [0.29, 0.717) is 33.1 Å². The molecular weight excluding hydrogens is 455 g/mol. The molecule has 0 atom stereocenters. The van der Waals surface area contributed by atoms with E-state index in [0.717, 1.165) is 11.6 Å². The van der Waals surface area contributed by atoms with Crippen LogP contribution in [0, 0.1) is 0 Å². The van der Waals surface area contributed by atoms with E-state index in [1.54, 1.807) is 36.4 Å². The highest BCUT2D eigenvalue weighted by molar-refractivity contribution is 6.30. The van der Waals surface area contributed by atoms with Gasteiger partial charge in [0.2, 0.25) is 0 Å². The third-order valence-electron chi connectivity index (χ3n) is 4.87. The van der Waals surface area contributed by atoms with Crippen molar-refractivity contribution in [3.05, 3.63) is 83.4 Å². The second-order valence-corrected chi connectivity index (χ2v) is 7.51. The molecule has 33 heavy (non-hydrogen) atoms. The molecule has 1 aromatic heterocycles. The maximum absolute atomic E-state index is 13.2. The highest BCUT2D eigenvalue weighted by Gasteiger charge is 2.33. The summed E-state index contributed by atoms with van der Waals surface area (Å²) in [6.07, 6.45) is -4.59. The standard InChI is InChI=1S/C24H17ClF3N3O2/c1-33-22-13-21(14-6-8-15(25)9-7-14)30-19-11-10-16(12-17(19)22)29-23(32)31-20-5-3-2-4-18(20)24(26,27)28/h2-13H,1H3,(H2,29,31,32). The lowest BCUT2D eigenvalue weighted by atomic mass is 10.1. The molecule has 0 aliphatic carbocycles. The topological polar surface area (TPSA) is 63.2 Å². The first-order valence-electron chi connectivity index (χ1n) is 9.73. The number of anilines is 2. The molecule has 0 unspecified atom stereocenters. The van der Waals surface area contributed by atoms with Crippen LogP contribution in [-0.4, -0.2) is 18.1 Å². The van der Waals surface area contributed by atoms with Gasteiger partial charge in [-0.2, -0.15) is 13.2 Å². The number of hydrogen-bond acceptors (Lipinski definition) is 3. The minimum Gasteiger partial charge on any atom is -0.496 e. The third-order valence-corrected chi connectivity index (χ3v) is 5.12. The van der Waals surface area contributed by atoms with Crippen LogP contribution in [0.3, 0.4) is 0 Å². The Morgan fingerprint density at radius 2 is 1.70 bits per heavy atom.